The van der Waals surface area contributed by atoms with Crippen molar-refractivity contribution in [3.8, 4) is 10.4 Å². The number of halogens is 2. The number of carbonyl (C=O) groups is 4. The van der Waals surface area contributed by atoms with Gasteiger partial charge in [0.05, 0.1) is 45.6 Å². The van der Waals surface area contributed by atoms with Crippen molar-refractivity contribution in [1.82, 2.24) is 45.3 Å². The Hall–Kier alpha value is -4.99. The van der Waals surface area contributed by atoms with Gasteiger partial charge in [-0.3, -0.25) is 19.2 Å². The number of β-amino-alcohol motifs (C(OH)–C–C–N with tert-alkyl or cyclic N) is 1. The molecule has 4 saturated heterocycles. The lowest BCUT2D eigenvalue weighted by Gasteiger charge is -2.39. The Morgan fingerprint density at radius 2 is 1.64 bits per heavy atom. The molecule has 4 aliphatic heterocycles. The van der Waals surface area contributed by atoms with E-state index in [0.717, 1.165) is 102 Å². The van der Waals surface area contributed by atoms with Crippen molar-refractivity contribution in [2.45, 2.75) is 145 Å². The van der Waals surface area contributed by atoms with E-state index in [0.29, 0.717) is 43.4 Å². The number of anilines is 2. The van der Waals surface area contributed by atoms with Crippen LogP contribution in [0, 0.1) is 23.7 Å². The van der Waals surface area contributed by atoms with Crippen LogP contribution < -0.4 is 26.6 Å². The molecule has 5 fully saturated rings. The Labute approximate surface area is 459 Å². The first-order chi connectivity index (χ1) is 36.3. The molecule has 76 heavy (non-hydrogen) atoms. The number of nitrogens with one attached hydrogen (secondary N) is 3. The number of aryl methyl sites for hydroxylation is 1. The van der Waals surface area contributed by atoms with E-state index in [1.807, 2.05) is 53.9 Å². The van der Waals surface area contributed by atoms with Gasteiger partial charge in [0.2, 0.25) is 17.7 Å². The Bertz CT molecular complexity index is 2680. The predicted molar refractivity (Wildman–Crippen MR) is 295 cm³/mol. The van der Waals surface area contributed by atoms with Gasteiger partial charge >= 0.3 is 0 Å². The molecule has 6 N–H and O–H groups in total. The van der Waals surface area contributed by atoms with Gasteiger partial charge in [0, 0.05) is 68.7 Å². The van der Waals surface area contributed by atoms with Gasteiger partial charge in [-0.15, -0.1) is 11.3 Å². The normalized spacial score (nSPS) is 22.0. The molecule has 410 valence electrons. The summed E-state index contributed by atoms with van der Waals surface area (Å²) in [6.45, 7) is 15.4. The zero-order valence-corrected chi connectivity index (χ0v) is 46.8. The van der Waals surface area contributed by atoms with Crippen LogP contribution in [0.4, 0.5) is 16.0 Å². The monoisotopic (exact) mass is 1100 g/mol. The van der Waals surface area contributed by atoms with Gasteiger partial charge in [-0.05, 0) is 112 Å². The van der Waals surface area contributed by atoms with Crippen molar-refractivity contribution in [1.29, 1.82) is 0 Å². The smallest absolute Gasteiger partial charge is 0.258 e. The SMILES string of the molecule is Cc1ncsc1-c1ccc([C@H](CCN2CCC(C(=O)N3CCC(Nc4nccc(Sc5cnc(N6CCC(C)(CN)CC6)cn5)c4Cl)CC3)CC2)NC(=O)[C@@H]2C[C@@H](O)CN2C(=O)[C@@H](NC(=O)C2(F)CC2)C(C)(C)C)cc1. The quantitative estimate of drug-likeness (QED) is 0.0718. The van der Waals surface area contributed by atoms with Gasteiger partial charge in [-0.2, -0.15) is 0 Å². The van der Waals surface area contributed by atoms with Crippen LogP contribution in [-0.4, -0.2) is 152 Å². The molecule has 0 unspecified atom stereocenters. The van der Waals surface area contributed by atoms with Crippen molar-refractivity contribution in [2.75, 3.05) is 69.1 Å². The predicted octanol–water partition coefficient (Wildman–Crippen LogP) is 7.03. The lowest BCUT2D eigenvalue weighted by Crippen LogP contribution is -2.59. The molecule has 4 aromatic rings. The Morgan fingerprint density at radius 1 is 0.934 bits per heavy atom. The number of alkyl halides is 1. The maximum atomic E-state index is 14.8. The summed E-state index contributed by atoms with van der Waals surface area (Å²) in [6, 6.07) is 7.53. The Morgan fingerprint density at radius 3 is 2.26 bits per heavy atom. The van der Waals surface area contributed by atoms with E-state index in [1.165, 1.54) is 16.7 Å². The molecule has 17 nitrogen and oxygen atoms in total. The van der Waals surface area contributed by atoms with Crippen LogP contribution >= 0.6 is 34.7 Å². The summed E-state index contributed by atoms with van der Waals surface area (Å²) in [5.74, 6) is -0.167. The Balaban J connectivity index is 0.770. The van der Waals surface area contributed by atoms with Crippen molar-refractivity contribution in [2.24, 2.45) is 22.5 Å². The minimum absolute atomic E-state index is 0.0303. The summed E-state index contributed by atoms with van der Waals surface area (Å²) >= 11 is 9.95. The second kappa shape index (κ2) is 23.5. The first-order valence-corrected chi connectivity index (χ1v) is 29.0. The van der Waals surface area contributed by atoms with Crippen LogP contribution in [0.15, 0.2) is 64.4 Å². The molecule has 3 aromatic heterocycles. The van der Waals surface area contributed by atoms with Crippen LogP contribution in [0.2, 0.25) is 5.02 Å². The number of aliphatic hydroxyl groups excluding tert-OH is 1. The number of thiazole rings is 1. The molecule has 4 amide bonds. The van der Waals surface area contributed by atoms with Crippen LogP contribution in [-0.2, 0) is 19.2 Å². The standard InChI is InChI=1S/C55H74ClFN12O5S2/c1-34-46(75-33-62-34)36-8-6-35(7-9-36)40(64-49(71)41-28-39(70)31-69(41)51(73)47(53(2,3)4)65-52(74)55(57)16-17-55)15-23-66-21-11-37(12-22-66)50(72)68-24-13-38(14-25-68)63-48-45(56)42(10-20-59-48)76-44-30-60-43(29-61-44)67-26-18-54(5,32-58)19-27-67/h6-10,20,29-30,33,37-41,47,70H,11-19,21-28,31-32,58H2,1-5H3,(H,59,63)(H,64,71)(H,65,74)/t39-,40+,41+,47-/m1/s1. The van der Waals surface area contributed by atoms with Crippen LogP contribution in [0.1, 0.15) is 109 Å². The number of nitrogens with zero attached hydrogens (tertiary/aromatic N) is 8. The van der Waals surface area contributed by atoms with Crippen molar-refractivity contribution in [3.05, 3.63) is 70.7 Å². The molecule has 0 bridgehead atoms. The average Bonchev–Trinajstić information content (AvgIpc) is 3.82. The van der Waals surface area contributed by atoms with Crippen LogP contribution in [0.3, 0.4) is 0 Å². The molecule has 0 radical (unpaired) electrons. The van der Waals surface area contributed by atoms with E-state index in [2.05, 4.69) is 42.6 Å². The lowest BCUT2D eigenvalue weighted by molar-refractivity contribution is -0.145. The van der Waals surface area contributed by atoms with Gasteiger partial charge in [0.15, 0.2) is 5.67 Å². The number of pyridine rings is 1. The molecular formula is C55H74ClFN12O5S2. The van der Waals surface area contributed by atoms with E-state index in [4.69, 9.17) is 27.3 Å². The fourth-order valence-corrected chi connectivity index (χ4v) is 12.7. The van der Waals surface area contributed by atoms with E-state index < -0.39 is 53.0 Å². The number of aliphatic hydroxyl groups is 1. The number of hydrogen-bond acceptors (Lipinski definition) is 15. The fourth-order valence-electron chi connectivity index (χ4n) is 10.9. The summed E-state index contributed by atoms with van der Waals surface area (Å²) < 4.78 is 14.8. The van der Waals surface area contributed by atoms with Crippen LogP contribution in [0.5, 0.6) is 0 Å². The number of likely N-dealkylation sites (tertiary alicyclic amines) is 3. The minimum atomic E-state index is -1.98. The van der Waals surface area contributed by atoms with E-state index in [-0.39, 0.29) is 49.1 Å². The summed E-state index contributed by atoms with van der Waals surface area (Å²) in [7, 11) is 0. The largest absolute Gasteiger partial charge is 0.391 e. The number of amides is 4. The van der Waals surface area contributed by atoms with Crippen molar-refractivity contribution >= 4 is 70.0 Å². The highest BCUT2D eigenvalue weighted by atomic mass is 35.5. The maximum absolute atomic E-state index is 14.8. The lowest BCUT2D eigenvalue weighted by atomic mass is 9.80. The van der Waals surface area contributed by atoms with Gasteiger partial charge in [-0.25, -0.2) is 24.3 Å². The second-order valence-electron chi connectivity index (χ2n) is 23.0. The fraction of sp³-hybridized carbons (Fsp3) is 0.600. The van der Waals surface area contributed by atoms with E-state index >= 15 is 0 Å². The number of nitrogens with two attached hydrogens (primary N) is 1. The zero-order valence-electron chi connectivity index (χ0n) is 44.4. The summed E-state index contributed by atoms with van der Waals surface area (Å²) in [4.78, 5) is 83.7. The third-order valence-electron chi connectivity index (χ3n) is 16.3. The second-order valence-corrected chi connectivity index (χ2v) is 25.3. The molecule has 1 aliphatic carbocycles. The van der Waals surface area contributed by atoms with Crippen LogP contribution in [0.25, 0.3) is 10.4 Å². The summed E-state index contributed by atoms with van der Waals surface area (Å²) in [5.41, 5.74) is 8.08. The number of rotatable bonds is 17. The van der Waals surface area contributed by atoms with Crippen molar-refractivity contribution in [3.63, 3.8) is 0 Å². The summed E-state index contributed by atoms with van der Waals surface area (Å²) in [6.07, 6.45) is 10.3. The molecule has 1 aromatic carbocycles. The highest BCUT2D eigenvalue weighted by molar-refractivity contribution is 7.99. The first kappa shape index (κ1) is 55.8. The van der Waals surface area contributed by atoms with Gasteiger partial charge < -0.3 is 46.4 Å². The molecule has 4 atom stereocenters. The highest BCUT2D eigenvalue weighted by Crippen LogP contribution is 2.41. The third-order valence-corrected chi connectivity index (χ3v) is 18.7. The van der Waals surface area contributed by atoms with Gasteiger partial charge in [0.25, 0.3) is 5.91 Å². The van der Waals surface area contributed by atoms with Gasteiger partial charge in [0.1, 0.15) is 28.7 Å². The summed E-state index contributed by atoms with van der Waals surface area (Å²) in [5, 5.41) is 21.6. The number of carbonyl (C=O) groups excluding carboxylic acids is 4. The number of aromatic nitrogens is 4. The number of piperidine rings is 3. The average molecular weight is 1100 g/mol. The minimum Gasteiger partial charge on any atom is -0.391 e. The maximum Gasteiger partial charge on any atom is 0.258 e. The molecule has 21 heteroatoms. The third kappa shape index (κ3) is 13.1. The topological polar surface area (TPSA) is 215 Å². The molecular weight excluding hydrogens is 1030 g/mol. The van der Waals surface area contributed by atoms with Gasteiger partial charge in [-0.1, -0.05) is 75.3 Å². The Kier molecular flexibility index (Phi) is 17.3. The molecule has 0 spiro atoms. The molecule has 5 aliphatic rings. The first-order valence-electron chi connectivity index (χ1n) is 27.0. The highest BCUT2D eigenvalue weighted by Gasteiger charge is 2.53. The molecule has 1 saturated carbocycles. The number of hydrogen-bond donors (Lipinski definition) is 5. The zero-order chi connectivity index (χ0) is 53.9. The number of benzene rings is 1. The van der Waals surface area contributed by atoms with E-state index in [1.54, 1.807) is 44.5 Å². The molecule has 9 rings (SSSR count). The molecule has 7 heterocycles. The van der Waals surface area contributed by atoms with E-state index in [9.17, 15) is 28.7 Å². The van der Waals surface area contributed by atoms with Crippen molar-refractivity contribution < 1.29 is 28.7 Å².